The third kappa shape index (κ3) is 6.22. The third-order valence-corrected chi connectivity index (χ3v) is 7.35. The zero-order valence-corrected chi connectivity index (χ0v) is 24.1. The summed E-state index contributed by atoms with van der Waals surface area (Å²) in [5.41, 5.74) is 7.93. The van der Waals surface area contributed by atoms with Gasteiger partial charge in [-0.15, -0.1) is 5.10 Å². The van der Waals surface area contributed by atoms with Crippen LogP contribution in [-0.2, 0) is 11.3 Å². The first-order valence-electron chi connectivity index (χ1n) is 14.1. The van der Waals surface area contributed by atoms with E-state index in [0.29, 0.717) is 60.5 Å². The van der Waals surface area contributed by atoms with E-state index in [1.165, 1.54) is 10.6 Å². The molecule has 5 aromatic rings. The Balaban J connectivity index is 1.02. The van der Waals surface area contributed by atoms with Gasteiger partial charge in [-0.25, -0.2) is 14.1 Å². The predicted octanol–water partition coefficient (Wildman–Crippen LogP) is 1.33. The lowest BCUT2D eigenvalue weighted by molar-refractivity contribution is -0.123. The summed E-state index contributed by atoms with van der Waals surface area (Å²) >= 11 is 0. The second kappa shape index (κ2) is 12.2. The highest BCUT2D eigenvalue weighted by Gasteiger charge is 2.22. The van der Waals surface area contributed by atoms with E-state index in [2.05, 4.69) is 30.4 Å². The zero-order chi connectivity index (χ0) is 29.9. The number of amides is 1. The van der Waals surface area contributed by atoms with Gasteiger partial charge in [0.1, 0.15) is 11.6 Å². The van der Waals surface area contributed by atoms with E-state index >= 15 is 0 Å². The molecule has 0 radical (unpaired) electrons. The molecule has 1 aliphatic heterocycles. The fraction of sp³-hybridized carbons (Fsp3) is 0.393. The van der Waals surface area contributed by atoms with E-state index in [9.17, 15) is 9.18 Å². The molecule has 1 aromatic carbocycles. The molecule has 6 rings (SSSR count). The van der Waals surface area contributed by atoms with Gasteiger partial charge in [0.25, 0.3) is 5.91 Å². The van der Waals surface area contributed by atoms with Crippen molar-refractivity contribution in [2.75, 3.05) is 77.1 Å². The first kappa shape index (κ1) is 28.4. The number of carbonyl (C=O) groups is 1. The van der Waals surface area contributed by atoms with Crippen LogP contribution in [0, 0.1) is 5.82 Å². The average Bonchev–Trinajstić information content (AvgIpc) is 3.76. The lowest BCUT2D eigenvalue weighted by Crippen LogP contribution is -2.47. The molecule has 3 N–H and O–H groups in total. The summed E-state index contributed by atoms with van der Waals surface area (Å²) in [7, 11) is 3.86. The van der Waals surface area contributed by atoms with Gasteiger partial charge < -0.3 is 30.0 Å². The fourth-order valence-electron chi connectivity index (χ4n) is 5.03. The molecule has 0 bridgehead atoms. The number of nitrogen functional groups attached to an aromatic ring is 1. The molecule has 0 unspecified atom stereocenters. The van der Waals surface area contributed by atoms with Gasteiger partial charge in [0, 0.05) is 51.9 Å². The summed E-state index contributed by atoms with van der Waals surface area (Å²) in [4.78, 5) is 27.4. The minimum atomic E-state index is -0.374. The Morgan fingerprint density at radius 1 is 1.14 bits per heavy atom. The zero-order valence-electron chi connectivity index (χ0n) is 24.1. The Labute approximate surface area is 246 Å². The van der Waals surface area contributed by atoms with Crippen LogP contribution in [0.15, 0.2) is 47.2 Å². The molecule has 43 heavy (non-hydrogen) atoms. The quantitative estimate of drug-likeness (QED) is 0.229. The number of likely N-dealkylation sites (N-methyl/N-ethyl adjacent to an activating group) is 1. The molecule has 5 heterocycles. The van der Waals surface area contributed by atoms with Crippen molar-refractivity contribution < 1.29 is 18.3 Å². The van der Waals surface area contributed by atoms with Gasteiger partial charge in [0.15, 0.2) is 23.7 Å². The van der Waals surface area contributed by atoms with Crippen LogP contribution in [0.2, 0.25) is 0 Å². The third-order valence-electron chi connectivity index (χ3n) is 7.35. The van der Waals surface area contributed by atoms with Crippen molar-refractivity contribution in [3.8, 4) is 17.3 Å². The fourth-order valence-corrected chi connectivity index (χ4v) is 5.03. The Bertz CT molecular complexity index is 1710. The van der Waals surface area contributed by atoms with Gasteiger partial charge in [0.05, 0.1) is 30.1 Å². The molecule has 0 atom stereocenters. The van der Waals surface area contributed by atoms with Crippen molar-refractivity contribution >= 4 is 34.2 Å². The number of furan rings is 1. The first-order chi connectivity index (χ1) is 20.9. The number of anilines is 2. The van der Waals surface area contributed by atoms with E-state index in [1.807, 2.05) is 28.6 Å². The minimum Gasteiger partial charge on any atom is -0.484 e. The highest BCUT2D eigenvalue weighted by molar-refractivity contribution is 5.90. The van der Waals surface area contributed by atoms with Crippen molar-refractivity contribution in [1.82, 2.24) is 44.5 Å². The number of carbonyl (C=O) groups excluding carboxylic acids is 1. The second-order valence-electron chi connectivity index (χ2n) is 10.6. The number of aromatic nitrogens is 6. The highest BCUT2D eigenvalue weighted by Crippen LogP contribution is 2.26. The predicted molar refractivity (Wildman–Crippen MR) is 158 cm³/mol. The van der Waals surface area contributed by atoms with E-state index in [1.54, 1.807) is 36.7 Å². The number of hydrogen-bond acceptors (Lipinski definition) is 11. The molecule has 226 valence electrons. The number of fused-ring (bicyclic) bond motifs is 3. The van der Waals surface area contributed by atoms with Gasteiger partial charge in [0.2, 0.25) is 11.8 Å². The largest absolute Gasteiger partial charge is 0.484 e. The lowest BCUT2D eigenvalue weighted by atomic mass is 10.2. The smallest absolute Gasteiger partial charge is 0.257 e. The van der Waals surface area contributed by atoms with Crippen LogP contribution in [0.5, 0.6) is 5.75 Å². The molecule has 4 aromatic heterocycles. The van der Waals surface area contributed by atoms with E-state index in [0.717, 1.165) is 31.6 Å². The molecule has 0 saturated carbocycles. The van der Waals surface area contributed by atoms with E-state index in [4.69, 9.17) is 14.9 Å². The van der Waals surface area contributed by atoms with Crippen molar-refractivity contribution in [2.45, 2.75) is 6.54 Å². The molecule has 14 nitrogen and oxygen atoms in total. The summed E-state index contributed by atoms with van der Waals surface area (Å²) in [5, 5.41) is 12.5. The number of ether oxygens (including phenoxy) is 1. The summed E-state index contributed by atoms with van der Waals surface area (Å²) in [6.07, 6.45) is 3.29. The van der Waals surface area contributed by atoms with Crippen LogP contribution >= 0.6 is 0 Å². The maximum atomic E-state index is 15.0. The van der Waals surface area contributed by atoms with Crippen molar-refractivity contribution in [3.05, 3.63) is 48.6 Å². The van der Waals surface area contributed by atoms with Gasteiger partial charge in [-0.3, -0.25) is 9.69 Å². The lowest BCUT2D eigenvalue weighted by Gasteiger charge is -2.36. The molecular weight excluding hydrogens is 557 g/mol. The highest BCUT2D eigenvalue weighted by atomic mass is 19.1. The molecule has 0 aliphatic carbocycles. The molecule has 1 amide bonds. The van der Waals surface area contributed by atoms with E-state index < -0.39 is 0 Å². The average molecular weight is 592 g/mol. The number of nitrogens with one attached hydrogen (secondary N) is 1. The Hall–Kier alpha value is -4.76. The van der Waals surface area contributed by atoms with Crippen molar-refractivity contribution in [3.63, 3.8) is 0 Å². The number of benzene rings is 1. The van der Waals surface area contributed by atoms with Crippen LogP contribution in [0.4, 0.5) is 16.0 Å². The standard InChI is InChI=1S/C28H34FN11O3/c1-36(2)8-7-31-24(41)18-43-19-5-6-22(21(29)16-19)38-12-9-37(10-13-38)11-14-39-26-20(17-32-39)27-33-25(23-4-3-15-42-23)35-40(27)28(30)34-26/h3-6,15-17H,7-14,18H2,1-2H3,(H2,30,34)(H,31,41). The van der Waals surface area contributed by atoms with Crippen LogP contribution in [0.25, 0.3) is 28.3 Å². The molecule has 1 saturated heterocycles. The SMILES string of the molecule is CN(C)CCNC(=O)COc1ccc(N2CCN(CCn3ncc4c3nc(N)n3nc(-c5ccco5)nc43)CC2)c(F)c1. The second-order valence-corrected chi connectivity index (χ2v) is 10.6. The Morgan fingerprint density at radius 2 is 1.98 bits per heavy atom. The molecule has 1 fully saturated rings. The summed E-state index contributed by atoms with van der Waals surface area (Å²) in [6, 6.07) is 8.30. The molecule has 1 aliphatic rings. The number of rotatable bonds is 11. The normalized spacial score (nSPS) is 14.3. The van der Waals surface area contributed by atoms with Crippen LogP contribution < -0.4 is 20.7 Å². The monoisotopic (exact) mass is 591 g/mol. The van der Waals surface area contributed by atoms with Gasteiger partial charge in [-0.05, 0) is 38.4 Å². The molecule has 15 heteroatoms. The first-order valence-corrected chi connectivity index (χ1v) is 14.1. The summed E-state index contributed by atoms with van der Waals surface area (Å²) in [6.45, 7) is 5.33. The van der Waals surface area contributed by atoms with Crippen LogP contribution in [-0.4, -0.2) is 112 Å². The van der Waals surface area contributed by atoms with Crippen LogP contribution in [0.1, 0.15) is 0 Å². The topological polar surface area (TPSA) is 148 Å². The van der Waals surface area contributed by atoms with Gasteiger partial charge >= 0.3 is 0 Å². The molecule has 0 spiro atoms. The number of nitrogens with zero attached hydrogens (tertiary/aromatic N) is 9. The minimum absolute atomic E-state index is 0.158. The molecular formula is C28H34FN11O3. The van der Waals surface area contributed by atoms with Crippen molar-refractivity contribution in [2.24, 2.45) is 0 Å². The summed E-state index contributed by atoms with van der Waals surface area (Å²) in [5.74, 6) is 0.890. The number of halogens is 1. The van der Waals surface area contributed by atoms with Crippen LogP contribution in [0.3, 0.4) is 0 Å². The van der Waals surface area contributed by atoms with Gasteiger partial charge in [-0.1, -0.05) is 0 Å². The maximum absolute atomic E-state index is 15.0. The Kier molecular flexibility index (Phi) is 8.07. The summed E-state index contributed by atoms with van der Waals surface area (Å²) < 4.78 is 29.2. The Morgan fingerprint density at radius 3 is 2.72 bits per heavy atom. The number of piperazine rings is 1. The maximum Gasteiger partial charge on any atom is 0.257 e. The van der Waals surface area contributed by atoms with Crippen molar-refractivity contribution in [1.29, 1.82) is 0 Å². The number of hydrogen-bond donors (Lipinski definition) is 2. The number of nitrogens with two attached hydrogens (primary N) is 1. The van der Waals surface area contributed by atoms with E-state index in [-0.39, 0.29) is 24.3 Å². The van der Waals surface area contributed by atoms with Gasteiger partial charge in [-0.2, -0.15) is 14.6 Å².